The molecule has 0 atom stereocenters. The van der Waals surface area contributed by atoms with Gasteiger partial charge in [0.15, 0.2) is 0 Å². The molecule has 0 aromatic heterocycles. The van der Waals surface area contributed by atoms with Crippen molar-refractivity contribution in [3.63, 3.8) is 0 Å². The molecule has 0 N–H and O–H groups in total. The van der Waals surface area contributed by atoms with Crippen molar-refractivity contribution in [3.05, 3.63) is 72.8 Å². The third kappa shape index (κ3) is 110. The third-order valence-electron chi connectivity index (χ3n) is 2.68. The van der Waals surface area contributed by atoms with E-state index in [9.17, 15) is 0 Å². The van der Waals surface area contributed by atoms with Crippen molar-refractivity contribution in [1.82, 2.24) is 0 Å². The molecule has 31 radical (unpaired) electrons. The third-order valence-corrected chi connectivity index (χ3v) is 2.68. The summed E-state index contributed by atoms with van der Waals surface area (Å²) in [5.74, 6) is 0. The van der Waals surface area contributed by atoms with Crippen LogP contribution in [0.15, 0.2) is 60.7 Å². The molecule has 0 saturated carbocycles. The zero-order valence-corrected chi connectivity index (χ0v) is 115. The summed E-state index contributed by atoms with van der Waals surface area (Å²) < 4.78 is 0. The molecule has 0 nitrogen and oxygen atoms in total. The molecule has 0 bridgehead atoms. The van der Waals surface area contributed by atoms with E-state index in [1.165, 1.54) is 10.8 Å². The summed E-state index contributed by atoms with van der Waals surface area (Å²) in [7, 11) is 0. The van der Waals surface area contributed by atoms with Gasteiger partial charge in [-0.25, -0.2) is 11.1 Å². The molecule has 3 rings (SSSR count). The Hall–Kier alpha value is 32.1. The number of fused-ring (bicyclic) bond motifs is 1. The molecule has 0 unspecified atom stereocenters. The quantitative estimate of drug-likeness (QED) is 0.324. The zero-order chi connectivity index (χ0) is 10.8. The van der Waals surface area contributed by atoms with E-state index >= 15 is 0 Å². The van der Waals surface area contributed by atoms with Crippen LogP contribution in [0.3, 0.4) is 0 Å². The molecule has 0 aliphatic rings. The molecule has 0 saturated heterocycles. The maximum absolute atomic E-state index is 3.30. The van der Waals surface area contributed by atoms with Crippen LogP contribution < -0.4 is 0 Å². The van der Waals surface area contributed by atoms with Crippen LogP contribution in [0.4, 0.5) is 0 Å². The average Bonchev–Trinajstić information content (AvgIpc) is 2.39. The Morgan fingerprint density at radius 1 is 0.255 bits per heavy atom. The molecule has 31 heteroatoms. The largest absolute Gasteiger partial charge is 0.226 e. The van der Waals surface area contributed by atoms with Crippen molar-refractivity contribution in [2.75, 3.05) is 0 Å². The van der Waals surface area contributed by atoms with Crippen molar-refractivity contribution in [1.29, 1.82) is 0 Å². The molecule has 0 amide bonds. The van der Waals surface area contributed by atoms with E-state index in [1.54, 1.807) is 0 Å². The first-order valence-corrected chi connectivity index (χ1v) is 5.31. The van der Waals surface area contributed by atoms with Crippen molar-refractivity contribution in [3.8, 4) is 11.1 Å². The van der Waals surface area contributed by atoms with Crippen LogP contribution in [0.25, 0.3) is 21.9 Å². The Morgan fingerprint density at radius 3 is 0.809 bits per heavy atom. The van der Waals surface area contributed by atoms with E-state index in [0.717, 1.165) is 11.1 Å². The standard InChI is InChI=1S/C16H10.31Y/c1-2-6-13(7-3-1)16-11-10-14-8-4-5-9-15(14)12-16;;;;;;;;;;;;;;;;;;;;;;;;;;;;;;;/h1-6,8-10,12H;;;;;;;;;;;;;;;;;;;;;;;;;;;;;;;/q-2;;;;;;;;;;;;;;;;;;;;;;;;;;;;;;;. The minimum atomic E-state index is 0. The van der Waals surface area contributed by atoms with Gasteiger partial charge in [-0.05, 0) is 0 Å². The minimum Gasteiger partial charge on any atom is -0.226 e. The normalized spacial score (nSPS) is 3.57. The first-order valence-electron chi connectivity index (χ1n) is 5.31. The number of hydrogen-bond donors (Lipinski definition) is 0. The first-order chi connectivity index (χ1) is 7.93. The average molecular weight is 2960 g/mol. The summed E-state index contributed by atoms with van der Waals surface area (Å²) in [6.45, 7) is 0. The van der Waals surface area contributed by atoms with Gasteiger partial charge in [0, 0.05) is 1010 Å². The van der Waals surface area contributed by atoms with Gasteiger partial charge in [-0.1, -0.05) is 24.3 Å². The number of hydrogen-bond acceptors (Lipinski definition) is 0. The Labute approximate surface area is 1070 Å². The molecule has 3 aromatic rings. The first kappa shape index (κ1) is 192. The van der Waals surface area contributed by atoms with Crippen LogP contribution in [-0.4, -0.2) is 0 Å². The van der Waals surface area contributed by atoms with Gasteiger partial charge in [0.2, 0.25) is 0 Å². The van der Waals surface area contributed by atoms with Crippen LogP contribution in [-0.2, 0) is 1010 Å². The second kappa shape index (κ2) is 148. The van der Waals surface area contributed by atoms with Gasteiger partial charge in [0.25, 0.3) is 0 Å². The molecule has 0 aliphatic heterocycles. The van der Waals surface area contributed by atoms with Gasteiger partial charge < -0.3 is 0 Å². The summed E-state index contributed by atoms with van der Waals surface area (Å²) in [6.07, 6.45) is 0. The predicted octanol–water partition coefficient (Wildman–Crippen LogP) is 4.03. The van der Waals surface area contributed by atoms with Gasteiger partial charge in [0.05, 0.1) is 0 Å². The van der Waals surface area contributed by atoms with Crippen LogP contribution in [0, 0.1) is 12.1 Å². The summed E-state index contributed by atoms with van der Waals surface area (Å²) in [6, 6.07) is 27.0. The van der Waals surface area contributed by atoms with Crippen LogP contribution in [0.1, 0.15) is 0 Å². The van der Waals surface area contributed by atoms with Crippen molar-refractivity contribution < 1.29 is 1010 Å². The van der Waals surface area contributed by atoms with Crippen molar-refractivity contribution in [2.45, 2.75) is 0 Å². The molecule has 3 aromatic carbocycles. The topological polar surface area (TPSA) is 0 Å². The Kier molecular flexibility index (Phi) is 603. The predicted molar refractivity (Wildman–Crippen MR) is 67.1 cm³/mol. The van der Waals surface area contributed by atoms with Gasteiger partial charge in [-0.2, -0.15) is 36.4 Å². The van der Waals surface area contributed by atoms with Crippen LogP contribution in [0.2, 0.25) is 0 Å². The summed E-state index contributed by atoms with van der Waals surface area (Å²) >= 11 is 0. The molecular formula is C16H10Y31-2. The van der Waals surface area contributed by atoms with Crippen molar-refractivity contribution >= 4 is 10.8 Å². The fourth-order valence-corrected chi connectivity index (χ4v) is 1.84. The maximum atomic E-state index is 3.30. The molecule has 0 fully saturated rings. The van der Waals surface area contributed by atoms with Crippen LogP contribution in [0.5, 0.6) is 0 Å². The fraction of sp³-hybridized carbons (Fsp3) is 0. The molecule has 47 heavy (non-hydrogen) atoms. The summed E-state index contributed by atoms with van der Waals surface area (Å²) in [5, 5.41) is 2.47. The van der Waals surface area contributed by atoms with E-state index in [2.05, 4.69) is 42.5 Å². The van der Waals surface area contributed by atoms with Gasteiger partial charge in [-0.15, -0.1) is 22.9 Å². The Bertz CT molecular complexity index is 653. The van der Waals surface area contributed by atoms with Gasteiger partial charge >= 0.3 is 0 Å². The van der Waals surface area contributed by atoms with E-state index in [4.69, 9.17) is 0 Å². The van der Waals surface area contributed by atoms with E-state index in [-0.39, 0.29) is 1010 Å². The Morgan fingerprint density at radius 2 is 0.532 bits per heavy atom. The number of rotatable bonds is 1. The maximum Gasteiger partial charge on any atom is 0 e. The van der Waals surface area contributed by atoms with Gasteiger partial charge in [-0.3, -0.25) is 0 Å². The number of benzene rings is 3. The summed E-state index contributed by atoms with van der Waals surface area (Å²) in [5.41, 5.74) is 2.19. The molecule has 0 heterocycles. The minimum absolute atomic E-state index is 0. The van der Waals surface area contributed by atoms with E-state index in [0.29, 0.717) is 0 Å². The summed E-state index contributed by atoms with van der Waals surface area (Å²) in [4.78, 5) is 0. The molecule has 0 aliphatic carbocycles. The van der Waals surface area contributed by atoms with Gasteiger partial charge in [0.1, 0.15) is 0 Å². The fourth-order valence-electron chi connectivity index (χ4n) is 1.84. The zero-order valence-electron chi connectivity index (χ0n) is 26.7. The van der Waals surface area contributed by atoms with E-state index in [1.807, 2.05) is 30.3 Å². The molecule has 169 valence electrons. The van der Waals surface area contributed by atoms with Crippen molar-refractivity contribution in [2.24, 2.45) is 0 Å². The molecule has 0 spiro atoms. The van der Waals surface area contributed by atoms with E-state index < -0.39 is 0 Å². The Balaban J connectivity index is -0.00000000387. The molecular weight excluding hydrogens is 2950 g/mol. The monoisotopic (exact) mass is 2960 g/mol. The second-order valence-electron chi connectivity index (χ2n) is 3.75. The second-order valence-corrected chi connectivity index (χ2v) is 3.75. The SMILES string of the molecule is [Y].[Y].[Y].[Y].[Y].[Y].[Y].[Y].[Y].[Y].[Y].[Y].[Y].[Y].[Y].[Y].[Y].[Y].[Y].[Y].[Y].[Y].[Y].[Y].[Y].[Y].[Y].[Y].[Y].[Y].[Y].[c-]1ccccc1-c1[c-]cc2ccccc2c1. The van der Waals surface area contributed by atoms with Crippen LogP contribution >= 0.6 is 0 Å². The smallest absolute Gasteiger partial charge is 0 e.